The molecule has 0 saturated carbocycles. The van der Waals surface area contributed by atoms with E-state index in [2.05, 4.69) is 31.2 Å². The Hall–Kier alpha value is -5.46. The first-order valence-electron chi connectivity index (χ1n) is 14.5. The summed E-state index contributed by atoms with van der Waals surface area (Å²) in [7, 11) is 0. The smallest absolute Gasteiger partial charge is 0.317 e. The van der Waals surface area contributed by atoms with E-state index >= 15 is 0 Å². The number of aryl methyl sites for hydroxylation is 2. The van der Waals surface area contributed by atoms with Crippen LogP contribution >= 0.6 is 0 Å². The number of aliphatic carboxylic acids is 2. The van der Waals surface area contributed by atoms with Crippen LogP contribution in [0.2, 0.25) is 0 Å². The van der Waals surface area contributed by atoms with E-state index in [1.165, 1.54) is 0 Å². The summed E-state index contributed by atoms with van der Waals surface area (Å²) in [6, 6.07) is 14.5. The predicted molar refractivity (Wildman–Crippen MR) is 174 cm³/mol. The van der Waals surface area contributed by atoms with Gasteiger partial charge in [0.25, 0.3) is 11.8 Å². The number of pyridine rings is 2. The largest absolute Gasteiger partial charge is 0.480 e. The third-order valence-electron chi connectivity index (χ3n) is 7.54. The second-order valence-corrected chi connectivity index (χ2v) is 10.9. The lowest BCUT2D eigenvalue weighted by Gasteiger charge is -2.17. The molecule has 0 bridgehead atoms. The standard InChI is InChI=1S/C34H36N6O6/c1-19-11-29(37-15-23(19)13-35-17-31(41)42)33(45)39-27-9-5-7-25(21(27)3)26-8-6-10-28(22(26)4)40-34(46)30-12-20(2)24(16-38-30)14-36-18-32(43)44/h5-12,15-16,35-36H,13-14,17-18H2,1-4H3,(H,39,45)(H,40,46)(H,41,42)(H,43,44). The van der Waals surface area contributed by atoms with Gasteiger partial charge in [0.15, 0.2) is 0 Å². The minimum absolute atomic E-state index is 0.173. The number of hydrogen-bond donors (Lipinski definition) is 6. The van der Waals surface area contributed by atoms with Crippen LogP contribution < -0.4 is 21.3 Å². The molecule has 12 nitrogen and oxygen atoms in total. The maximum absolute atomic E-state index is 13.1. The number of rotatable bonds is 13. The Labute approximate surface area is 266 Å². The summed E-state index contributed by atoms with van der Waals surface area (Å²) >= 11 is 0. The van der Waals surface area contributed by atoms with Crippen molar-refractivity contribution in [2.75, 3.05) is 23.7 Å². The van der Waals surface area contributed by atoms with E-state index in [-0.39, 0.29) is 36.3 Å². The van der Waals surface area contributed by atoms with Gasteiger partial charge in [-0.25, -0.2) is 0 Å². The molecule has 238 valence electrons. The van der Waals surface area contributed by atoms with Crippen LogP contribution in [0.15, 0.2) is 60.9 Å². The van der Waals surface area contributed by atoms with Crippen LogP contribution in [0.1, 0.15) is 54.4 Å². The predicted octanol–water partition coefficient (Wildman–Crippen LogP) is 4.23. The SMILES string of the molecule is Cc1cc(C(=O)Nc2cccc(-c3cccc(NC(=O)c4cc(C)c(CNCC(=O)O)cn4)c3C)c2C)ncc1CNCC(=O)O. The highest BCUT2D eigenvalue weighted by molar-refractivity contribution is 6.05. The summed E-state index contributed by atoms with van der Waals surface area (Å²) in [5, 5.41) is 29.2. The Balaban J connectivity index is 1.49. The normalized spacial score (nSPS) is 10.8. The topological polar surface area (TPSA) is 183 Å². The van der Waals surface area contributed by atoms with Gasteiger partial charge in [0.2, 0.25) is 0 Å². The zero-order valence-electron chi connectivity index (χ0n) is 26.0. The lowest BCUT2D eigenvalue weighted by molar-refractivity contribution is -0.137. The van der Waals surface area contributed by atoms with Crippen molar-refractivity contribution < 1.29 is 29.4 Å². The molecule has 46 heavy (non-hydrogen) atoms. The molecule has 2 amide bonds. The molecule has 6 N–H and O–H groups in total. The van der Waals surface area contributed by atoms with Crippen molar-refractivity contribution in [3.05, 3.63) is 106 Å². The molecule has 0 atom stereocenters. The van der Waals surface area contributed by atoms with Gasteiger partial charge in [0.1, 0.15) is 11.4 Å². The molecule has 2 heterocycles. The summed E-state index contributed by atoms with van der Waals surface area (Å²) in [5.41, 5.74) is 8.33. The van der Waals surface area contributed by atoms with Crippen LogP contribution in [0.25, 0.3) is 11.1 Å². The minimum atomic E-state index is -0.953. The van der Waals surface area contributed by atoms with Crippen molar-refractivity contribution in [1.82, 2.24) is 20.6 Å². The zero-order chi connectivity index (χ0) is 33.4. The summed E-state index contributed by atoms with van der Waals surface area (Å²) in [6.07, 6.45) is 3.13. The second kappa shape index (κ2) is 15.0. The molecule has 0 saturated heterocycles. The first kappa shape index (κ1) is 33.4. The number of amides is 2. The first-order chi connectivity index (χ1) is 21.9. The highest BCUT2D eigenvalue weighted by atomic mass is 16.4. The Kier molecular flexibility index (Phi) is 10.9. The molecule has 2 aromatic carbocycles. The molecule has 4 rings (SSSR count). The molecular formula is C34H36N6O6. The van der Waals surface area contributed by atoms with Crippen LogP contribution in [-0.4, -0.2) is 57.0 Å². The molecule has 0 aliphatic heterocycles. The molecule has 4 aromatic rings. The van der Waals surface area contributed by atoms with Gasteiger partial charge in [0.05, 0.1) is 13.1 Å². The fourth-order valence-corrected chi connectivity index (χ4v) is 4.89. The summed E-state index contributed by atoms with van der Waals surface area (Å²) in [6.45, 7) is 7.79. The number of nitrogens with one attached hydrogen (secondary N) is 4. The molecule has 2 aromatic heterocycles. The lowest BCUT2D eigenvalue weighted by atomic mass is 9.94. The number of carboxylic acids is 2. The molecule has 0 radical (unpaired) electrons. The van der Waals surface area contributed by atoms with Gasteiger partial charge in [-0.3, -0.25) is 29.1 Å². The van der Waals surface area contributed by atoms with E-state index in [4.69, 9.17) is 10.2 Å². The summed E-state index contributed by atoms with van der Waals surface area (Å²) in [5.74, 6) is -2.66. The number of carboxylic acid groups (broad SMARTS) is 2. The van der Waals surface area contributed by atoms with Gasteiger partial charge < -0.3 is 31.5 Å². The lowest BCUT2D eigenvalue weighted by Crippen LogP contribution is -2.22. The number of hydrogen-bond acceptors (Lipinski definition) is 8. The van der Waals surface area contributed by atoms with Crippen LogP contribution in [0.3, 0.4) is 0 Å². The average Bonchev–Trinajstić information content (AvgIpc) is 3.00. The number of carbonyl (C=O) groups excluding carboxylic acids is 2. The van der Waals surface area contributed by atoms with E-state index in [0.29, 0.717) is 24.5 Å². The Morgan fingerprint density at radius 2 is 1.02 bits per heavy atom. The van der Waals surface area contributed by atoms with Crippen LogP contribution in [-0.2, 0) is 22.7 Å². The van der Waals surface area contributed by atoms with E-state index in [9.17, 15) is 19.2 Å². The fourth-order valence-electron chi connectivity index (χ4n) is 4.89. The number of anilines is 2. The van der Waals surface area contributed by atoms with Crippen molar-refractivity contribution >= 4 is 35.1 Å². The van der Waals surface area contributed by atoms with Crippen molar-refractivity contribution in [1.29, 1.82) is 0 Å². The second-order valence-electron chi connectivity index (χ2n) is 10.9. The van der Waals surface area contributed by atoms with E-state index in [1.807, 2.05) is 64.1 Å². The molecule has 12 heteroatoms. The van der Waals surface area contributed by atoms with Gasteiger partial charge in [-0.2, -0.15) is 0 Å². The summed E-state index contributed by atoms with van der Waals surface area (Å²) in [4.78, 5) is 56.4. The number of benzene rings is 2. The molecule has 0 unspecified atom stereocenters. The third kappa shape index (κ3) is 8.37. The van der Waals surface area contributed by atoms with Gasteiger partial charge >= 0.3 is 11.9 Å². The molecule has 0 spiro atoms. The van der Waals surface area contributed by atoms with Crippen LogP contribution in [0, 0.1) is 27.7 Å². The maximum Gasteiger partial charge on any atom is 0.317 e. The van der Waals surface area contributed by atoms with Gasteiger partial charge in [-0.15, -0.1) is 0 Å². The monoisotopic (exact) mass is 624 g/mol. The molecule has 0 fully saturated rings. The van der Waals surface area contributed by atoms with E-state index in [0.717, 1.165) is 44.5 Å². The van der Waals surface area contributed by atoms with Crippen molar-refractivity contribution in [2.45, 2.75) is 40.8 Å². The van der Waals surface area contributed by atoms with Gasteiger partial charge in [0, 0.05) is 36.9 Å². The number of nitrogens with zero attached hydrogens (tertiary/aromatic N) is 2. The van der Waals surface area contributed by atoms with Gasteiger partial charge in [-0.05, 0) is 96.5 Å². The Bertz CT molecular complexity index is 1670. The molecular weight excluding hydrogens is 588 g/mol. The van der Waals surface area contributed by atoms with Crippen LogP contribution in [0.4, 0.5) is 11.4 Å². The van der Waals surface area contributed by atoms with Crippen molar-refractivity contribution in [3.8, 4) is 11.1 Å². The number of aromatic nitrogens is 2. The first-order valence-corrected chi connectivity index (χ1v) is 14.5. The van der Waals surface area contributed by atoms with Crippen molar-refractivity contribution in [3.63, 3.8) is 0 Å². The maximum atomic E-state index is 13.1. The Morgan fingerprint density at radius 3 is 1.37 bits per heavy atom. The highest BCUT2D eigenvalue weighted by Crippen LogP contribution is 2.34. The highest BCUT2D eigenvalue weighted by Gasteiger charge is 2.17. The van der Waals surface area contributed by atoms with E-state index in [1.54, 1.807) is 24.5 Å². The molecule has 0 aliphatic carbocycles. The van der Waals surface area contributed by atoms with E-state index < -0.39 is 11.9 Å². The van der Waals surface area contributed by atoms with Crippen LogP contribution in [0.5, 0.6) is 0 Å². The quantitative estimate of drug-likeness (QED) is 0.126. The Morgan fingerprint density at radius 1 is 0.630 bits per heavy atom. The minimum Gasteiger partial charge on any atom is -0.480 e. The fraction of sp³-hybridized carbons (Fsp3) is 0.235. The third-order valence-corrected chi connectivity index (χ3v) is 7.54. The zero-order valence-corrected chi connectivity index (χ0v) is 26.0. The molecule has 0 aliphatic rings. The average molecular weight is 625 g/mol. The van der Waals surface area contributed by atoms with Gasteiger partial charge in [-0.1, -0.05) is 24.3 Å². The number of carbonyl (C=O) groups is 4. The van der Waals surface area contributed by atoms with Crippen molar-refractivity contribution in [2.24, 2.45) is 0 Å². The summed E-state index contributed by atoms with van der Waals surface area (Å²) < 4.78 is 0.